The lowest BCUT2D eigenvalue weighted by atomic mass is 9.92. The zero-order chi connectivity index (χ0) is 14.6. The minimum absolute atomic E-state index is 0.133. The van der Waals surface area contributed by atoms with Crippen LogP contribution >= 0.6 is 23.2 Å². The molecular formula is C12H17Cl2N3O2. The van der Waals surface area contributed by atoms with Gasteiger partial charge in [-0.1, -0.05) is 37.0 Å². The number of benzene rings is 1. The van der Waals surface area contributed by atoms with E-state index in [0.717, 1.165) is 12.8 Å². The summed E-state index contributed by atoms with van der Waals surface area (Å²) in [5.74, 6) is 0. The summed E-state index contributed by atoms with van der Waals surface area (Å²) in [4.78, 5) is 10.2. The summed E-state index contributed by atoms with van der Waals surface area (Å²) in [6.45, 7) is 4.44. The lowest BCUT2D eigenvalue weighted by Gasteiger charge is -2.33. The monoisotopic (exact) mass is 305 g/mol. The van der Waals surface area contributed by atoms with Crippen molar-refractivity contribution < 1.29 is 4.92 Å². The summed E-state index contributed by atoms with van der Waals surface area (Å²) in [6.07, 6.45) is 1.59. The van der Waals surface area contributed by atoms with Crippen LogP contribution in [0.4, 0.5) is 11.4 Å². The SMILES string of the molecule is CCC(CC)(CN)Nc1c(Cl)cc([N+](=O)[O-])cc1Cl. The minimum atomic E-state index is -0.530. The van der Waals surface area contributed by atoms with Gasteiger partial charge >= 0.3 is 0 Å². The fraction of sp³-hybridized carbons (Fsp3) is 0.500. The van der Waals surface area contributed by atoms with E-state index >= 15 is 0 Å². The Balaban J connectivity index is 3.18. The minimum Gasteiger partial charge on any atom is -0.376 e. The van der Waals surface area contributed by atoms with Crippen LogP contribution in [0.1, 0.15) is 26.7 Å². The molecular weight excluding hydrogens is 289 g/mol. The highest BCUT2D eigenvalue weighted by molar-refractivity contribution is 6.39. The molecule has 0 aliphatic rings. The zero-order valence-electron chi connectivity index (χ0n) is 10.9. The summed E-state index contributed by atoms with van der Waals surface area (Å²) < 4.78 is 0. The van der Waals surface area contributed by atoms with E-state index in [9.17, 15) is 10.1 Å². The third-order valence-electron chi connectivity index (χ3n) is 3.37. The second kappa shape index (κ2) is 6.41. The number of nitro groups is 1. The fourth-order valence-corrected chi connectivity index (χ4v) is 2.39. The van der Waals surface area contributed by atoms with E-state index in [-0.39, 0.29) is 21.3 Å². The van der Waals surface area contributed by atoms with Crippen molar-refractivity contribution in [3.63, 3.8) is 0 Å². The molecule has 3 N–H and O–H groups in total. The topological polar surface area (TPSA) is 81.2 Å². The molecule has 0 aromatic heterocycles. The number of hydrogen-bond acceptors (Lipinski definition) is 4. The van der Waals surface area contributed by atoms with Gasteiger partial charge in [0, 0.05) is 24.2 Å². The number of nitro benzene ring substituents is 1. The summed E-state index contributed by atoms with van der Waals surface area (Å²) in [5.41, 5.74) is 5.84. The van der Waals surface area contributed by atoms with Crippen LogP contribution in [0.2, 0.25) is 10.0 Å². The lowest BCUT2D eigenvalue weighted by molar-refractivity contribution is -0.384. The summed E-state index contributed by atoms with van der Waals surface area (Å²) >= 11 is 12.1. The first-order chi connectivity index (χ1) is 8.89. The molecule has 1 rings (SSSR count). The van der Waals surface area contributed by atoms with Crippen molar-refractivity contribution >= 4 is 34.6 Å². The smallest absolute Gasteiger partial charge is 0.272 e. The van der Waals surface area contributed by atoms with Crippen molar-refractivity contribution in [3.8, 4) is 0 Å². The van der Waals surface area contributed by atoms with E-state index in [1.807, 2.05) is 13.8 Å². The second-order valence-corrected chi connectivity index (χ2v) is 5.17. The Hall–Kier alpha value is -1.04. The molecule has 0 fully saturated rings. The van der Waals surface area contributed by atoms with Crippen LogP contribution in [-0.2, 0) is 0 Å². The van der Waals surface area contributed by atoms with Gasteiger partial charge in [-0.3, -0.25) is 10.1 Å². The summed E-state index contributed by atoms with van der Waals surface area (Å²) in [6, 6.07) is 2.56. The third-order valence-corrected chi connectivity index (χ3v) is 3.97. The first-order valence-corrected chi connectivity index (χ1v) is 6.76. The molecule has 0 unspecified atom stereocenters. The number of nitrogens with zero attached hydrogens (tertiary/aromatic N) is 1. The number of rotatable bonds is 6. The highest BCUT2D eigenvalue weighted by Crippen LogP contribution is 2.37. The molecule has 0 saturated carbocycles. The maximum atomic E-state index is 10.7. The van der Waals surface area contributed by atoms with E-state index in [2.05, 4.69) is 5.32 Å². The Bertz CT molecular complexity index is 445. The Labute approximate surface area is 122 Å². The molecule has 106 valence electrons. The van der Waals surface area contributed by atoms with Crippen molar-refractivity contribution in [2.24, 2.45) is 5.73 Å². The van der Waals surface area contributed by atoms with E-state index in [4.69, 9.17) is 28.9 Å². The zero-order valence-corrected chi connectivity index (χ0v) is 12.4. The lowest BCUT2D eigenvalue weighted by Crippen LogP contribution is -2.44. The molecule has 0 heterocycles. The predicted molar refractivity (Wildman–Crippen MR) is 79.1 cm³/mol. The maximum Gasteiger partial charge on any atom is 0.272 e. The van der Waals surface area contributed by atoms with Gasteiger partial charge in [0.2, 0.25) is 0 Å². The molecule has 0 aliphatic heterocycles. The Morgan fingerprint density at radius 1 is 1.32 bits per heavy atom. The summed E-state index contributed by atoms with van der Waals surface area (Å²) in [5, 5.41) is 14.4. The van der Waals surface area contributed by atoms with E-state index in [0.29, 0.717) is 12.2 Å². The van der Waals surface area contributed by atoms with Crippen LogP contribution in [0.5, 0.6) is 0 Å². The number of anilines is 1. The van der Waals surface area contributed by atoms with Crippen LogP contribution in [0.25, 0.3) is 0 Å². The van der Waals surface area contributed by atoms with Gasteiger partial charge in [-0.25, -0.2) is 0 Å². The van der Waals surface area contributed by atoms with Crippen LogP contribution in [-0.4, -0.2) is 17.0 Å². The average molecular weight is 306 g/mol. The third kappa shape index (κ3) is 3.49. The second-order valence-electron chi connectivity index (χ2n) is 4.36. The molecule has 5 nitrogen and oxygen atoms in total. The average Bonchev–Trinajstić information content (AvgIpc) is 2.39. The molecule has 0 atom stereocenters. The summed E-state index contributed by atoms with van der Waals surface area (Å²) in [7, 11) is 0. The number of non-ortho nitro benzene ring substituents is 1. The number of hydrogen-bond donors (Lipinski definition) is 2. The molecule has 19 heavy (non-hydrogen) atoms. The highest BCUT2D eigenvalue weighted by Gasteiger charge is 2.26. The van der Waals surface area contributed by atoms with E-state index in [1.54, 1.807) is 0 Å². The van der Waals surface area contributed by atoms with Gasteiger partial charge in [0.25, 0.3) is 5.69 Å². The van der Waals surface area contributed by atoms with Gasteiger partial charge in [0.05, 0.1) is 20.7 Å². The largest absolute Gasteiger partial charge is 0.376 e. The quantitative estimate of drug-likeness (QED) is 0.618. The van der Waals surface area contributed by atoms with Crippen molar-refractivity contribution in [3.05, 3.63) is 32.3 Å². The molecule has 1 aromatic carbocycles. The van der Waals surface area contributed by atoms with Gasteiger partial charge in [-0.2, -0.15) is 0 Å². The maximum absolute atomic E-state index is 10.7. The predicted octanol–water partition coefficient (Wildman–Crippen LogP) is 3.83. The molecule has 0 spiro atoms. The molecule has 1 aromatic rings. The van der Waals surface area contributed by atoms with Crippen LogP contribution in [0.15, 0.2) is 12.1 Å². The normalized spacial score (nSPS) is 11.4. The number of nitrogens with two attached hydrogens (primary N) is 1. The van der Waals surface area contributed by atoms with Crippen LogP contribution in [0, 0.1) is 10.1 Å². The molecule has 7 heteroatoms. The fourth-order valence-electron chi connectivity index (χ4n) is 1.82. The van der Waals surface area contributed by atoms with Crippen molar-refractivity contribution in [2.45, 2.75) is 32.2 Å². The Morgan fingerprint density at radius 2 is 1.79 bits per heavy atom. The van der Waals surface area contributed by atoms with Crippen molar-refractivity contribution in [2.75, 3.05) is 11.9 Å². The van der Waals surface area contributed by atoms with Crippen LogP contribution < -0.4 is 11.1 Å². The van der Waals surface area contributed by atoms with E-state index < -0.39 is 4.92 Å². The van der Waals surface area contributed by atoms with Gasteiger partial charge in [-0.05, 0) is 12.8 Å². The van der Waals surface area contributed by atoms with Crippen LogP contribution in [0.3, 0.4) is 0 Å². The highest BCUT2D eigenvalue weighted by atomic mass is 35.5. The van der Waals surface area contributed by atoms with Crippen molar-refractivity contribution in [1.29, 1.82) is 0 Å². The Kier molecular flexibility index (Phi) is 5.40. The number of nitrogens with one attached hydrogen (secondary N) is 1. The standard InChI is InChI=1S/C12H17Cl2N3O2/c1-3-12(4-2,7-15)16-11-9(13)5-8(17(18)19)6-10(11)14/h5-6,16H,3-4,7,15H2,1-2H3. The number of halogens is 2. The van der Waals surface area contributed by atoms with Crippen molar-refractivity contribution in [1.82, 2.24) is 0 Å². The van der Waals surface area contributed by atoms with Gasteiger partial charge in [-0.15, -0.1) is 0 Å². The molecule has 0 radical (unpaired) electrons. The van der Waals surface area contributed by atoms with E-state index in [1.165, 1.54) is 12.1 Å². The molecule has 0 bridgehead atoms. The first kappa shape index (κ1) is 16.0. The molecule has 0 saturated heterocycles. The molecule has 0 aliphatic carbocycles. The first-order valence-electron chi connectivity index (χ1n) is 6.00. The van der Waals surface area contributed by atoms with Gasteiger partial charge in [0.1, 0.15) is 0 Å². The Morgan fingerprint density at radius 3 is 2.11 bits per heavy atom. The van der Waals surface area contributed by atoms with Gasteiger partial charge in [0.15, 0.2) is 0 Å². The molecule has 0 amide bonds. The van der Waals surface area contributed by atoms with Gasteiger partial charge < -0.3 is 11.1 Å².